The van der Waals surface area contributed by atoms with Gasteiger partial charge in [-0.15, -0.1) is 0 Å². The first-order valence-corrected chi connectivity index (χ1v) is 10.9. The number of thioether (sulfide) groups is 1. The molecular weight excluding hydrogens is 424 g/mol. The molecule has 0 saturated carbocycles. The summed E-state index contributed by atoms with van der Waals surface area (Å²) in [5.41, 5.74) is 9.49. The van der Waals surface area contributed by atoms with Crippen molar-refractivity contribution in [2.24, 2.45) is 5.73 Å². The van der Waals surface area contributed by atoms with Gasteiger partial charge in [0.25, 0.3) is 0 Å². The molecule has 0 saturated heterocycles. The van der Waals surface area contributed by atoms with E-state index in [9.17, 15) is 15.3 Å². The predicted molar refractivity (Wildman–Crippen MR) is 120 cm³/mol. The number of nitrogens with two attached hydrogens (primary N) is 1. The number of benzene rings is 1. The Kier molecular flexibility index (Phi) is 7.19. The van der Waals surface area contributed by atoms with E-state index in [-0.39, 0.29) is 28.5 Å². The average Bonchev–Trinajstić information content (AvgIpc) is 2.81. The Hall–Kier alpha value is -3.75. The maximum Gasteiger partial charge on any atom is 0.338 e. The molecule has 0 unspecified atom stereocenters. The van der Waals surface area contributed by atoms with Crippen LogP contribution in [0.5, 0.6) is 0 Å². The molecule has 0 radical (unpaired) electrons. The Bertz CT molecular complexity index is 1190. The second-order valence-corrected chi connectivity index (χ2v) is 8.02. The smallest absolute Gasteiger partial charge is 0.338 e. The van der Waals surface area contributed by atoms with Crippen molar-refractivity contribution >= 4 is 17.7 Å². The Morgan fingerprint density at radius 1 is 1.22 bits per heavy atom. The summed E-state index contributed by atoms with van der Waals surface area (Å²) in [5, 5.41) is 19.7. The number of methoxy groups -OCH3 is 1. The van der Waals surface area contributed by atoms with Gasteiger partial charge in [-0.05, 0) is 36.6 Å². The second-order valence-electron chi connectivity index (χ2n) is 7.05. The minimum absolute atomic E-state index is 0.0574. The molecule has 162 valence electrons. The molecule has 7 nitrogen and oxygen atoms in total. The number of aryl methyl sites for hydroxylation is 2. The Balaban J connectivity index is 2.08. The van der Waals surface area contributed by atoms with Crippen molar-refractivity contribution in [2.45, 2.75) is 31.2 Å². The van der Waals surface area contributed by atoms with E-state index in [2.05, 4.69) is 17.1 Å². The van der Waals surface area contributed by atoms with E-state index >= 15 is 0 Å². The molecule has 0 aliphatic carbocycles. The first kappa shape index (κ1) is 22.9. The van der Waals surface area contributed by atoms with Gasteiger partial charge in [0, 0.05) is 5.69 Å². The lowest BCUT2D eigenvalue weighted by Gasteiger charge is -2.28. The maximum absolute atomic E-state index is 12.8. The Morgan fingerprint density at radius 2 is 1.94 bits per heavy atom. The van der Waals surface area contributed by atoms with Crippen molar-refractivity contribution in [1.29, 1.82) is 10.5 Å². The fraction of sp³-hybridized carbons (Fsp3) is 0.250. The second kappa shape index (κ2) is 10.0. The van der Waals surface area contributed by atoms with E-state index in [1.54, 1.807) is 12.1 Å². The number of allylic oxidation sites excluding steroid dienone is 1. The van der Waals surface area contributed by atoms with Gasteiger partial charge in [0.2, 0.25) is 5.88 Å². The number of hydrogen-bond acceptors (Lipinski definition) is 8. The van der Waals surface area contributed by atoms with E-state index in [4.69, 9.17) is 15.2 Å². The van der Waals surface area contributed by atoms with Gasteiger partial charge in [0.1, 0.15) is 28.5 Å². The van der Waals surface area contributed by atoms with E-state index < -0.39 is 11.9 Å². The predicted octanol–water partition coefficient (Wildman–Crippen LogP) is 3.85. The van der Waals surface area contributed by atoms with E-state index in [1.165, 1.54) is 18.9 Å². The number of pyridine rings is 1. The molecule has 0 amide bonds. The third-order valence-corrected chi connectivity index (χ3v) is 6.07. The zero-order chi connectivity index (χ0) is 23.3. The number of rotatable bonds is 6. The molecule has 3 rings (SSSR count). The topological polar surface area (TPSA) is 122 Å². The maximum atomic E-state index is 12.8. The summed E-state index contributed by atoms with van der Waals surface area (Å²) in [6.07, 6.45) is 0.865. The molecule has 32 heavy (non-hydrogen) atoms. The van der Waals surface area contributed by atoms with Gasteiger partial charge < -0.3 is 15.2 Å². The highest BCUT2D eigenvalue weighted by Gasteiger charge is 2.37. The van der Waals surface area contributed by atoms with E-state index in [1.807, 2.05) is 38.1 Å². The largest absolute Gasteiger partial charge is 0.466 e. The standard InChI is InChI=1S/C24H22N4O3S/c1-4-15-6-9-16(10-7-15)20-18(12-26)22(27)31-19(21(20)24(29)30-3)13-32-23-17(11-25)8-5-14(2)28-23/h5-10,20H,4,13,27H2,1-3H3/t20-/m0/s1. The van der Waals surface area contributed by atoms with Crippen LogP contribution in [0.3, 0.4) is 0 Å². The quantitative estimate of drug-likeness (QED) is 0.524. The normalized spacial score (nSPS) is 15.6. The van der Waals surface area contributed by atoms with Crippen molar-refractivity contribution in [1.82, 2.24) is 4.98 Å². The van der Waals surface area contributed by atoms with Gasteiger partial charge >= 0.3 is 5.97 Å². The summed E-state index contributed by atoms with van der Waals surface area (Å²) < 4.78 is 10.8. The van der Waals surface area contributed by atoms with Crippen LogP contribution in [0.4, 0.5) is 0 Å². The van der Waals surface area contributed by atoms with Crippen LogP contribution in [0.25, 0.3) is 0 Å². The van der Waals surface area contributed by atoms with Crippen LogP contribution in [0.15, 0.2) is 64.2 Å². The third kappa shape index (κ3) is 4.61. The summed E-state index contributed by atoms with van der Waals surface area (Å²) in [6, 6.07) is 15.3. The number of hydrogen-bond donors (Lipinski definition) is 1. The lowest BCUT2D eigenvalue weighted by molar-refractivity contribution is -0.136. The number of aromatic nitrogens is 1. The molecule has 1 aromatic carbocycles. The molecule has 1 aromatic heterocycles. The summed E-state index contributed by atoms with van der Waals surface area (Å²) >= 11 is 1.25. The highest BCUT2D eigenvalue weighted by atomic mass is 32.2. The molecule has 0 spiro atoms. The van der Waals surface area contributed by atoms with Gasteiger partial charge in [-0.2, -0.15) is 10.5 Å². The summed E-state index contributed by atoms with van der Waals surface area (Å²) in [4.78, 5) is 17.2. The van der Waals surface area contributed by atoms with Gasteiger partial charge in [-0.1, -0.05) is 43.0 Å². The third-order valence-electron chi connectivity index (χ3n) is 5.08. The minimum atomic E-state index is -0.719. The van der Waals surface area contributed by atoms with Crippen molar-refractivity contribution in [3.05, 3.63) is 81.6 Å². The van der Waals surface area contributed by atoms with Crippen molar-refractivity contribution < 1.29 is 14.3 Å². The molecule has 0 bridgehead atoms. The molecule has 0 fully saturated rings. The molecule has 2 aromatic rings. The van der Waals surface area contributed by atoms with Crippen LogP contribution in [0.2, 0.25) is 0 Å². The van der Waals surface area contributed by atoms with Crippen LogP contribution < -0.4 is 5.73 Å². The van der Waals surface area contributed by atoms with E-state index in [0.29, 0.717) is 10.6 Å². The number of nitriles is 2. The van der Waals surface area contributed by atoms with Gasteiger partial charge in [0.15, 0.2) is 0 Å². The highest BCUT2D eigenvalue weighted by Crippen LogP contribution is 2.41. The number of carbonyl (C=O) groups is 1. The van der Waals surface area contributed by atoms with Crippen LogP contribution in [0.1, 0.15) is 35.2 Å². The van der Waals surface area contributed by atoms with Gasteiger partial charge in [-0.25, -0.2) is 9.78 Å². The van der Waals surface area contributed by atoms with Crippen molar-refractivity contribution in [3.8, 4) is 12.1 Å². The van der Waals surface area contributed by atoms with Crippen molar-refractivity contribution in [2.75, 3.05) is 12.9 Å². The Labute approximate surface area is 191 Å². The molecule has 2 heterocycles. The monoisotopic (exact) mass is 446 g/mol. The zero-order valence-corrected chi connectivity index (χ0v) is 18.8. The highest BCUT2D eigenvalue weighted by molar-refractivity contribution is 7.99. The SMILES string of the molecule is CCc1ccc([C@H]2C(C#N)=C(N)OC(CSc3nc(C)ccc3C#N)=C2C(=O)OC)cc1. The van der Waals surface area contributed by atoms with Gasteiger partial charge in [-0.3, -0.25) is 0 Å². The van der Waals surface area contributed by atoms with Crippen LogP contribution in [-0.2, 0) is 20.7 Å². The van der Waals surface area contributed by atoms with Gasteiger partial charge in [0.05, 0.1) is 29.9 Å². The fourth-order valence-electron chi connectivity index (χ4n) is 3.40. The van der Waals surface area contributed by atoms with Crippen LogP contribution in [-0.4, -0.2) is 23.8 Å². The molecule has 1 aliphatic heterocycles. The lowest BCUT2D eigenvalue weighted by atomic mass is 9.83. The Morgan fingerprint density at radius 3 is 2.53 bits per heavy atom. The number of carbonyl (C=O) groups excluding carboxylic acids is 1. The lowest BCUT2D eigenvalue weighted by Crippen LogP contribution is -2.26. The number of esters is 1. The molecular formula is C24H22N4O3S. The van der Waals surface area contributed by atoms with E-state index in [0.717, 1.165) is 23.2 Å². The van der Waals surface area contributed by atoms with Crippen molar-refractivity contribution in [3.63, 3.8) is 0 Å². The summed E-state index contributed by atoms with van der Waals surface area (Å²) in [7, 11) is 1.28. The summed E-state index contributed by atoms with van der Waals surface area (Å²) in [5.74, 6) is -0.932. The first-order valence-electron chi connectivity index (χ1n) is 9.91. The first-order chi connectivity index (χ1) is 15.4. The minimum Gasteiger partial charge on any atom is -0.466 e. The molecule has 1 atom stereocenters. The number of nitrogens with zero attached hydrogens (tertiary/aromatic N) is 3. The molecule has 8 heteroatoms. The van der Waals surface area contributed by atoms with Crippen LogP contribution in [0, 0.1) is 29.6 Å². The molecule has 1 aliphatic rings. The number of ether oxygens (including phenoxy) is 2. The average molecular weight is 447 g/mol. The zero-order valence-electron chi connectivity index (χ0n) is 18.0. The summed E-state index contributed by atoms with van der Waals surface area (Å²) in [6.45, 7) is 3.88. The van der Waals surface area contributed by atoms with Crippen LogP contribution >= 0.6 is 11.8 Å². The fourth-order valence-corrected chi connectivity index (χ4v) is 4.36. The molecule has 2 N–H and O–H groups in total.